The molecule has 0 spiro atoms. The number of methoxy groups -OCH3 is 1. The Labute approximate surface area is 179 Å². The Morgan fingerprint density at radius 3 is 2.58 bits per heavy atom. The van der Waals surface area contributed by atoms with Crippen LogP contribution < -0.4 is 15.2 Å². The lowest BCUT2D eigenvalue weighted by Gasteiger charge is -2.25. The number of nitriles is 1. The highest BCUT2D eigenvalue weighted by Crippen LogP contribution is 2.36. The number of halogens is 4. The molecule has 31 heavy (non-hydrogen) atoms. The number of benzene rings is 2. The van der Waals surface area contributed by atoms with Gasteiger partial charge in [-0.15, -0.1) is 13.2 Å². The Balaban J connectivity index is 2.14. The van der Waals surface area contributed by atoms with E-state index in [4.69, 9.17) is 22.1 Å². The lowest BCUT2D eigenvalue weighted by atomic mass is 9.80. The van der Waals surface area contributed by atoms with Crippen LogP contribution in [0.25, 0.3) is 10.9 Å². The zero-order chi connectivity index (χ0) is 23.0. The molecule has 0 fully saturated rings. The minimum Gasteiger partial charge on any atom is -0.481 e. The maximum Gasteiger partial charge on any atom is 0.573 e. The molecule has 11 heteroatoms. The van der Waals surface area contributed by atoms with Crippen LogP contribution in [0.2, 0.25) is 5.02 Å². The van der Waals surface area contributed by atoms with Crippen LogP contribution in [0, 0.1) is 11.3 Å². The first-order valence-corrected chi connectivity index (χ1v) is 9.16. The number of alkyl halides is 3. The van der Waals surface area contributed by atoms with Crippen LogP contribution in [0.5, 0.6) is 11.6 Å². The predicted molar refractivity (Wildman–Crippen MR) is 106 cm³/mol. The summed E-state index contributed by atoms with van der Waals surface area (Å²) in [4.78, 5) is 11.9. The van der Waals surface area contributed by atoms with Crippen molar-refractivity contribution in [2.24, 2.45) is 5.73 Å². The Bertz CT molecular complexity index is 1200. The molecule has 1 atom stereocenters. The Hall–Kier alpha value is -3.45. The van der Waals surface area contributed by atoms with Crippen molar-refractivity contribution < 1.29 is 27.4 Å². The molecule has 0 aliphatic heterocycles. The minimum atomic E-state index is -4.95. The average molecular weight is 453 g/mol. The van der Waals surface area contributed by atoms with E-state index in [0.717, 1.165) is 18.2 Å². The number of aromatic nitrogens is 2. The van der Waals surface area contributed by atoms with Crippen molar-refractivity contribution in [1.29, 1.82) is 5.26 Å². The van der Waals surface area contributed by atoms with Gasteiger partial charge < -0.3 is 15.2 Å². The van der Waals surface area contributed by atoms with E-state index < -0.39 is 23.4 Å². The van der Waals surface area contributed by atoms with Gasteiger partial charge in [-0.3, -0.25) is 4.79 Å². The second-order valence-corrected chi connectivity index (χ2v) is 7.33. The molecule has 162 valence electrons. The van der Waals surface area contributed by atoms with Gasteiger partial charge in [0, 0.05) is 10.6 Å². The number of amides is 1. The van der Waals surface area contributed by atoms with E-state index in [-0.39, 0.29) is 17.7 Å². The molecule has 0 saturated carbocycles. The summed E-state index contributed by atoms with van der Waals surface area (Å²) in [7, 11) is 1.41. The van der Waals surface area contributed by atoms with Gasteiger partial charge in [-0.2, -0.15) is 10.4 Å². The molecule has 1 heterocycles. The van der Waals surface area contributed by atoms with E-state index in [2.05, 4.69) is 9.84 Å². The van der Waals surface area contributed by atoms with Crippen LogP contribution >= 0.6 is 11.6 Å². The third-order valence-corrected chi connectivity index (χ3v) is 4.88. The third-order valence-electron chi connectivity index (χ3n) is 4.64. The van der Waals surface area contributed by atoms with Crippen molar-refractivity contribution in [3.63, 3.8) is 0 Å². The van der Waals surface area contributed by atoms with Gasteiger partial charge in [0.15, 0.2) is 0 Å². The van der Waals surface area contributed by atoms with Gasteiger partial charge in [-0.25, -0.2) is 4.68 Å². The van der Waals surface area contributed by atoms with Gasteiger partial charge in [0.2, 0.25) is 11.8 Å². The summed E-state index contributed by atoms with van der Waals surface area (Å²) in [5.74, 6) is -1.17. The van der Waals surface area contributed by atoms with Crippen molar-refractivity contribution >= 4 is 28.4 Å². The number of primary amides is 1. The molecule has 0 bridgehead atoms. The zero-order valence-corrected chi connectivity index (χ0v) is 17.1. The molecule has 3 aromatic rings. The molecule has 2 aromatic carbocycles. The van der Waals surface area contributed by atoms with Crippen molar-refractivity contribution in [1.82, 2.24) is 9.78 Å². The molecule has 7 nitrogen and oxygen atoms in total. The number of fused-ring (bicyclic) bond motifs is 1. The molecule has 1 aromatic heterocycles. The Morgan fingerprint density at radius 1 is 1.29 bits per heavy atom. The van der Waals surface area contributed by atoms with Crippen molar-refractivity contribution in [3.05, 3.63) is 52.5 Å². The van der Waals surface area contributed by atoms with Gasteiger partial charge in [0.25, 0.3) is 0 Å². The highest BCUT2D eigenvalue weighted by molar-refractivity contribution is 6.31. The number of hydrogen-bond acceptors (Lipinski definition) is 5. The molecule has 0 saturated heterocycles. The highest BCUT2D eigenvalue weighted by Gasteiger charge is 2.36. The third kappa shape index (κ3) is 4.51. The van der Waals surface area contributed by atoms with E-state index in [9.17, 15) is 23.2 Å². The standard InChI is InChI=1S/C20H16ClF3N4O3/c1-19(9-25,10-28-18(30-2)14-5-3-11(21)7-16(14)27-28)15-8-12(31-20(22,23)24)4-6-13(15)17(26)29/h3-8H,10H2,1-2H3,(H2,26,29). The first kappa shape index (κ1) is 22.2. The fourth-order valence-electron chi connectivity index (χ4n) is 3.28. The van der Waals surface area contributed by atoms with Gasteiger partial charge in [-0.1, -0.05) is 11.6 Å². The number of rotatable bonds is 6. The molecule has 3 rings (SSSR count). The van der Waals surface area contributed by atoms with E-state index in [1.54, 1.807) is 18.2 Å². The quantitative estimate of drug-likeness (QED) is 0.604. The van der Waals surface area contributed by atoms with E-state index in [0.29, 0.717) is 21.8 Å². The van der Waals surface area contributed by atoms with Crippen LogP contribution in [0.4, 0.5) is 13.2 Å². The van der Waals surface area contributed by atoms with Crippen LogP contribution in [-0.2, 0) is 12.0 Å². The molecule has 0 radical (unpaired) electrons. The monoisotopic (exact) mass is 452 g/mol. The Kier molecular flexibility index (Phi) is 5.74. The zero-order valence-electron chi connectivity index (χ0n) is 16.3. The highest BCUT2D eigenvalue weighted by atomic mass is 35.5. The topological polar surface area (TPSA) is 103 Å². The van der Waals surface area contributed by atoms with Crippen molar-refractivity contribution in [2.75, 3.05) is 7.11 Å². The van der Waals surface area contributed by atoms with E-state index >= 15 is 0 Å². The molecule has 0 aliphatic carbocycles. The summed E-state index contributed by atoms with van der Waals surface area (Å²) >= 11 is 6.01. The molecule has 1 amide bonds. The predicted octanol–water partition coefficient (Wildman–Crippen LogP) is 4.18. The van der Waals surface area contributed by atoms with E-state index in [1.165, 1.54) is 18.7 Å². The molecule has 1 unspecified atom stereocenters. The molecular formula is C20H16ClF3N4O3. The van der Waals surface area contributed by atoms with E-state index in [1.807, 2.05) is 6.07 Å². The number of hydrogen-bond donors (Lipinski definition) is 1. The SMILES string of the molecule is COc1c2ccc(Cl)cc2nn1CC(C)(C#N)c1cc(OC(F)(F)F)ccc1C(N)=O. The van der Waals surface area contributed by atoms with Crippen molar-refractivity contribution in [3.8, 4) is 17.7 Å². The summed E-state index contributed by atoms with van der Waals surface area (Å²) in [5.41, 5.74) is 4.22. The van der Waals surface area contributed by atoms with Gasteiger partial charge >= 0.3 is 6.36 Å². The fraction of sp³-hybridized carbons (Fsp3) is 0.250. The fourth-order valence-corrected chi connectivity index (χ4v) is 3.44. The number of carbonyl (C=O) groups excluding carboxylic acids is 1. The van der Waals surface area contributed by atoms with Gasteiger partial charge in [-0.05, 0) is 48.9 Å². The van der Waals surface area contributed by atoms with Gasteiger partial charge in [0.05, 0.1) is 36.0 Å². The minimum absolute atomic E-state index is 0.0381. The van der Waals surface area contributed by atoms with Crippen LogP contribution in [0.1, 0.15) is 22.8 Å². The normalized spacial score (nSPS) is 13.5. The average Bonchev–Trinajstić information content (AvgIpc) is 3.01. The van der Waals surface area contributed by atoms with Gasteiger partial charge in [0.1, 0.15) is 5.75 Å². The summed E-state index contributed by atoms with van der Waals surface area (Å²) in [5, 5.41) is 15.4. The second-order valence-electron chi connectivity index (χ2n) is 6.89. The lowest BCUT2D eigenvalue weighted by Crippen LogP contribution is -2.31. The summed E-state index contributed by atoms with van der Waals surface area (Å²) in [6.07, 6.45) is -4.95. The number of carbonyl (C=O) groups is 1. The number of nitrogens with zero attached hydrogens (tertiary/aromatic N) is 3. The number of nitrogens with two attached hydrogens (primary N) is 1. The molecule has 0 aliphatic rings. The first-order valence-electron chi connectivity index (χ1n) is 8.79. The largest absolute Gasteiger partial charge is 0.573 e. The smallest absolute Gasteiger partial charge is 0.481 e. The van der Waals surface area contributed by atoms with Crippen LogP contribution in [-0.4, -0.2) is 29.2 Å². The summed E-state index contributed by atoms with van der Waals surface area (Å²) in [6, 6.07) is 10.0. The molecular weight excluding hydrogens is 437 g/mol. The summed E-state index contributed by atoms with van der Waals surface area (Å²) < 4.78 is 48.8. The lowest BCUT2D eigenvalue weighted by molar-refractivity contribution is -0.274. The second kappa shape index (κ2) is 8.00. The molecule has 2 N–H and O–H groups in total. The number of ether oxygens (including phenoxy) is 2. The maximum absolute atomic E-state index is 12.7. The van der Waals surface area contributed by atoms with Crippen LogP contribution in [0.3, 0.4) is 0 Å². The van der Waals surface area contributed by atoms with Crippen LogP contribution in [0.15, 0.2) is 36.4 Å². The first-order chi connectivity index (χ1) is 14.5. The Morgan fingerprint density at radius 2 is 2.00 bits per heavy atom. The van der Waals surface area contributed by atoms with Crippen molar-refractivity contribution in [2.45, 2.75) is 25.2 Å². The summed E-state index contributed by atoms with van der Waals surface area (Å²) in [6.45, 7) is 1.29. The maximum atomic E-state index is 12.7.